The van der Waals surface area contributed by atoms with Gasteiger partial charge in [-0.2, -0.15) is 0 Å². The van der Waals surface area contributed by atoms with Crippen molar-refractivity contribution in [2.75, 3.05) is 13.2 Å². The quantitative estimate of drug-likeness (QED) is 0.677. The molecule has 0 atom stereocenters. The zero-order chi connectivity index (χ0) is 8.55. The Morgan fingerprint density at radius 1 is 1.17 bits per heavy atom. The molecule has 0 saturated carbocycles. The third-order valence-corrected chi connectivity index (χ3v) is 2.69. The summed E-state index contributed by atoms with van der Waals surface area (Å²) in [5, 5.41) is 0. The molecule has 0 saturated heterocycles. The highest BCUT2D eigenvalue weighted by Crippen LogP contribution is 2.37. The van der Waals surface area contributed by atoms with Gasteiger partial charge in [0.15, 0.2) is 11.5 Å². The lowest BCUT2D eigenvalue weighted by atomic mass is 10.2. The molecular weight excluding hydrogens is 267 g/mol. The van der Waals surface area contributed by atoms with Gasteiger partial charge in [0, 0.05) is 0 Å². The van der Waals surface area contributed by atoms with Gasteiger partial charge in [0.05, 0.1) is 3.57 Å². The van der Waals surface area contributed by atoms with E-state index in [1.165, 1.54) is 0 Å². The van der Waals surface area contributed by atoms with Gasteiger partial charge in [-0.15, -0.1) is 0 Å². The summed E-state index contributed by atoms with van der Waals surface area (Å²) >= 11 is 2.25. The Morgan fingerprint density at radius 2 is 1.83 bits per heavy atom. The molecule has 12 heavy (non-hydrogen) atoms. The zero-order valence-corrected chi connectivity index (χ0v) is 8.92. The molecule has 0 amide bonds. The van der Waals surface area contributed by atoms with Gasteiger partial charge in [0.2, 0.25) is 0 Å². The predicted molar refractivity (Wildman–Crippen MR) is 54.9 cm³/mol. The first-order valence-corrected chi connectivity index (χ1v) is 4.91. The molecule has 1 aliphatic heterocycles. The molecule has 2 rings (SSSR count). The predicted octanol–water partition coefficient (Wildman–Crippen LogP) is 2.37. The number of hydrogen-bond acceptors (Lipinski definition) is 2. The van der Waals surface area contributed by atoms with Crippen LogP contribution in [0.3, 0.4) is 0 Å². The van der Waals surface area contributed by atoms with Gasteiger partial charge in [-0.1, -0.05) is 6.07 Å². The SMILES string of the molecule is Cc1ccc(I)c2c1OCCO2. The molecule has 0 fully saturated rings. The molecular formula is C9H9IO2. The van der Waals surface area contributed by atoms with Gasteiger partial charge in [-0.3, -0.25) is 0 Å². The van der Waals surface area contributed by atoms with E-state index < -0.39 is 0 Å². The fourth-order valence-electron chi connectivity index (χ4n) is 1.24. The number of ether oxygens (including phenoxy) is 2. The summed E-state index contributed by atoms with van der Waals surface area (Å²) in [6.07, 6.45) is 0. The summed E-state index contributed by atoms with van der Waals surface area (Å²) in [7, 11) is 0. The molecule has 0 N–H and O–H groups in total. The zero-order valence-electron chi connectivity index (χ0n) is 6.76. The first-order valence-electron chi connectivity index (χ1n) is 3.84. The van der Waals surface area contributed by atoms with Gasteiger partial charge in [0.1, 0.15) is 13.2 Å². The Hall–Kier alpha value is -0.450. The van der Waals surface area contributed by atoms with Gasteiger partial charge >= 0.3 is 0 Å². The number of fused-ring (bicyclic) bond motifs is 1. The molecule has 0 bridgehead atoms. The topological polar surface area (TPSA) is 18.5 Å². The highest BCUT2D eigenvalue weighted by atomic mass is 127. The van der Waals surface area contributed by atoms with Gasteiger partial charge < -0.3 is 9.47 Å². The molecule has 1 aliphatic rings. The summed E-state index contributed by atoms with van der Waals surface area (Å²) in [6.45, 7) is 3.35. The lowest BCUT2D eigenvalue weighted by molar-refractivity contribution is 0.169. The monoisotopic (exact) mass is 276 g/mol. The lowest BCUT2D eigenvalue weighted by Gasteiger charge is -2.20. The maximum Gasteiger partial charge on any atom is 0.174 e. The van der Waals surface area contributed by atoms with Crippen LogP contribution >= 0.6 is 22.6 Å². The van der Waals surface area contributed by atoms with Crippen LogP contribution in [-0.4, -0.2) is 13.2 Å². The highest BCUT2D eigenvalue weighted by Gasteiger charge is 2.16. The van der Waals surface area contributed by atoms with Crippen molar-refractivity contribution in [3.8, 4) is 11.5 Å². The van der Waals surface area contributed by atoms with Crippen LogP contribution in [0.2, 0.25) is 0 Å². The number of halogens is 1. The van der Waals surface area contributed by atoms with E-state index in [-0.39, 0.29) is 0 Å². The molecule has 0 aromatic heterocycles. The molecule has 0 spiro atoms. The van der Waals surface area contributed by atoms with E-state index in [1.54, 1.807) is 0 Å². The lowest BCUT2D eigenvalue weighted by Crippen LogP contribution is -2.16. The maximum atomic E-state index is 5.51. The fourth-order valence-corrected chi connectivity index (χ4v) is 1.82. The van der Waals surface area contributed by atoms with E-state index in [9.17, 15) is 0 Å². The normalized spacial score (nSPS) is 14.5. The minimum Gasteiger partial charge on any atom is -0.486 e. The van der Waals surface area contributed by atoms with Gasteiger partial charge in [-0.25, -0.2) is 0 Å². The Kier molecular flexibility index (Phi) is 2.12. The van der Waals surface area contributed by atoms with E-state index in [2.05, 4.69) is 28.7 Å². The Morgan fingerprint density at radius 3 is 2.50 bits per heavy atom. The molecule has 1 aromatic rings. The maximum absolute atomic E-state index is 5.51. The minimum atomic E-state index is 0.659. The van der Waals surface area contributed by atoms with Crippen LogP contribution < -0.4 is 9.47 Å². The minimum absolute atomic E-state index is 0.659. The van der Waals surface area contributed by atoms with Crippen molar-refractivity contribution in [3.63, 3.8) is 0 Å². The van der Waals surface area contributed by atoms with Crippen molar-refractivity contribution in [2.24, 2.45) is 0 Å². The largest absolute Gasteiger partial charge is 0.486 e. The molecule has 1 heterocycles. The van der Waals surface area contributed by atoms with Crippen molar-refractivity contribution in [3.05, 3.63) is 21.3 Å². The van der Waals surface area contributed by atoms with E-state index in [0.29, 0.717) is 13.2 Å². The third kappa shape index (κ3) is 1.26. The second-order valence-corrected chi connectivity index (χ2v) is 3.88. The first-order chi connectivity index (χ1) is 5.79. The summed E-state index contributed by atoms with van der Waals surface area (Å²) in [6, 6.07) is 4.10. The van der Waals surface area contributed by atoms with Crippen LogP contribution in [0.25, 0.3) is 0 Å². The molecule has 0 aliphatic carbocycles. The molecule has 2 nitrogen and oxygen atoms in total. The number of hydrogen-bond donors (Lipinski definition) is 0. The van der Waals surface area contributed by atoms with Crippen molar-refractivity contribution in [1.29, 1.82) is 0 Å². The Balaban J connectivity index is 2.57. The average Bonchev–Trinajstić information content (AvgIpc) is 2.12. The second kappa shape index (κ2) is 3.12. The van der Waals surface area contributed by atoms with Crippen LogP contribution in [-0.2, 0) is 0 Å². The molecule has 3 heteroatoms. The molecule has 0 unspecified atom stereocenters. The Labute approximate surface area is 85.0 Å². The second-order valence-electron chi connectivity index (χ2n) is 2.72. The first kappa shape index (κ1) is 8.16. The van der Waals surface area contributed by atoms with Crippen LogP contribution in [0.15, 0.2) is 12.1 Å². The van der Waals surface area contributed by atoms with Gasteiger partial charge in [0.25, 0.3) is 0 Å². The van der Waals surface area contributed by atoms with Crippen molar-refractivity contribution >= 4 is 22.6 Å². The van der Waals surface area contributed by atoms with Crippen molar-refractivity contribution in [2.45, 2.75) is 6.92 Å². The Bertz CT molecular complexity index is 279. The van der Waals surface area contributed by atoms with Crippen molar-refractivity contribution in [1.82, 2.24) is 0 Å². The van der Waals surface area contributed by atoms with E-state index in [0.717, 1.165) is 20.6 Å². The molecule has 0 radical (unpaired) electrons. The average molecular weight is 276 g/mol. The van der Waals surface area contributed by atoms with Gasteiger partial charge in [-0.05, 0) is 41.1 Å². The van der Waals surface area contributed by atoms with Crippen LogP contribution in [0.5, 0.6) is 11.5 Å². The molecule has 1 aromatic carbocycles. The highest BCUT2D eigenvalue weighted by molar-refractivity contribution is 14.1. The number of aryl methyl sites for hydroxylation is 1. The summed E-state index contributed by atoms with van der Waals surface area (Å²) in [4.78, 5) is 0. The third-order valence-electron chi connectivity index (χ3n) is 1.84. The summed E-state index contributed by atoms with van der Waals surface area (Å²) < 4.78 is 12.1. The van der Waals surface area contributed by atoms with Crippen LogP contribution in [0.4, 0.5) is 0 Å². The smallest absolute Gasteiger partial charge is 0.174 e. The molecule has 64 valence electrons. The number of rotatable bonds is 0. The standard InChI is InChI=1S/C9H9IO2/c1-6-2-3-7(10)9-8(6)11-4-5-12-9/h2-3H,4-5H2,1H3. The van der Waals surface area contributed by atoms with Crippen LogP contribution in [0.1, 0.15) is 5.56 Å². The van der Waals surface area contributed by atoms with Crippen LogP contribution in [0, 0.1) is 10.5 Å². The number of benzene rings is 1. The summed E-state index contributed by atoms with van der Waals surface area (Å²) in [5.74, 6) is 1.81. The van der Waals surface area contributed by atoms with E-state index in [1.807, 2.05) is 13.0 Å². The van der Waals surface area contributed by atoms with E-state index >= 15 is 0 Å². The summed E-state index contributed by atoms with van der Waals surface area (Å²) in [5.41, 5.74) is 1.14. The van der Waals surface area contributed by atoms with E-state index in [4.69, 9.17) is 9.47 Å². The fraction of sp³-hybridized carbons (Fsp3) is 0.333. The van der Waals surface area contributed by atoms with Crippen molar-refractivity contribution < 1.29 is 9.47 Å².